The van der Waals surface area contributed by atoms with Gasteiger partial charge in [0.2, 0.25) is 0 Å². The number of hydrogen-bond donors (Lipinski definition) is 2. The van der Waals surface area contributed by atoms with Gasteiger partial charge in [0.1, 0.15) is 11.6 Å². The minimum atomic E-state index is -0.211. The van der Waals surface area contributed by atoms with Crippen molar-refractivity contribution in [1.29, 1.82) is 0 Å². The molecule has 0 unspecified atom stereocenters. The highest BCUT2D eigenvalue weighted by atomic mass is 19.1. The molecular formula is C21H29FN6. The number of hydrogen-bond acceptors (Lipinski definition) is 4. The van der Waals surface area contributed by atoms with Crippen molar-refractivity contribution in [2.45, 2.75) is 20.0 Å². The predicted molar refractivity (Wildman–Crippen MR) is 112 cm³/mol. The summed E-state index contributed by atoms with van der Waals surface area (Å²) >= 11 is 0. The summed E-state index contributed by atoms with van der Waals surface area (Å²) in [5, 5.41) is 6.41. The molecule has 0 radical (unpaired) electrons. The summed E-state index contributed by atoms with van der Waals surface area (Å²) in [6.45, 7) is 7.76. The fourth-order valence-corrected chi connectivity index (χ4v) is 3.10. The minimum Gasteiger partial charge on any atom is -0.357 e. The van der Waals surface area contributed by atoms with Crippen LogP contribution < -0.4 is 15.5 Å². The molecule has 0 saturated carbocycles. The van der Waals surface area contributed by atoms with Gasteiger partial charge in [0, 0.05) is 51.0 Å². The van der Waals surface area contributed by atoms with E-state index in [1.54, 1.807) is 12.1 Å². The van der Waals surface area contributed by atoms with Crippen molar-refractivity contribution in [1.82, 2.24) is 20.5 Å². The Bertz CT molecular complexity index is 786. The smallest absolute Gasteiger partial charge is 0.191 e. The van der Waals surface area contributed by atoms with Crippen molar-refractivity contribution in [2.24, 2.45) is 4.99 Å². The lowest BCUT2D eigenvalue weighted by molar-refractivity contribution is 0.312. The van der Waals surface area contributed by atoms with E-state index >= 15 is 0 Å². The normalized spacial score (nSPS) is 15.5. The Morgan fingerprint density at radius 3 is 2.68 bits per heavy atom. The standard InChI is InChI=1S/C21H29FN6/c1-3-23-21(26-16-18-6-4-5-7-19(18)22)25-15-17-8-9-24-20(14-17)28-12-10-27(2)11-13-28/h4-9,14H,3,10-13,15-16H2,1-2H3,(H2,23,25,26). The molecule has 1 aliphatic rings. The average molecular weight is 385 g/mol. The first kappa shape index (κ1) is 20.1. The third kappa shape index (κ3) is 5.66. The van der Waals surface area contributed by atoms with Crippen LogP contribution in [0.2, 0.25) is 0 Å². The van der Waals surface area contributed by atoms with Crippen LogP contribution >= 0.6 is 0 Å². The van der Waals surface area contributed by atoms with Gasteiger partial charge >= 0.3 is 0 Å². The molecule has 2 aromatic rings. The van der Waals surface area contributed by atoms with Gasteiger partial charge in [-0.15, -0.1) is 0 Å². The molecule has 1 aliphatic heterocycles. The number of pyridine rings is 1. The molecule has 0 aliphatic carbocycles. The SMILES string of the molecule is CCNC(=NCc1ccnc(N2CCN(C)CC2)c1)NCc1ccccc1F. The summed E-state index contributed by atoms with van der Waals surface area (Å²) in [5.74, 6) is 1.46. The van der Waals surface area contributed by atoms with Crippen molar-refractivity contribution in [2.75, 3.05) is 44.7 Å². The molecule has 0 amide bonds. The third-order valence-corrected chi connectivity index (χ3v) is 4.81. The van der Waals surface area contributed by atoms with Gasteiger partial charge in [0.25, 0.3) is 0 Å². The van der Waals surface area contributed by atoms with Crippen molar-refractivity contribution < 1.29 is 4.39 Å². The zero-order valence-corrected chi connectivity index (χ0v) is 16.7. The number of guanidine groups is 1. The van der Waals surface area contributed by atoms with Crippen molar-refractivity contribution in [3.63, 3.8) is 0 Å². The molecule has 28 heavy (non-hydrogen) atoms. The second-order valence-corrected chi connectivity index (χ2v) is 6.95. The average Bonchev–Trinajstić information content (AvgIpc) is 2.72. The van der Waals surface area contributed by atoms with E-state index in [-0.39, 0.29) is 5.82 Å². The van der Waals surface area contributed by atoms with Crippen LogP contribution in [0.15, 0.2) is 47.6 Å². The van der Waals surface area contributed by atoms with E-state index in [0.29, 0.717) is 24.6 Å². The Labute approximate surface area is 166 Å². The molecule has 7 heteroatoms. The van der Waals surface area contributed by atoms with Crippen LogP contribution in [0.25, 0.3) is 0 Å². The van der Waals surface area contributed by atoms with E-state index in [1.807, 2.05) is 25.3 Å². The first-order valence-corrected chi connectivity index (χ1v) is 9.79. The first-order valence-electron chi connectivity index (χ1n) is 9.79. The van der Waals surface area contributed by atoms with Gasteiger partial charge < -0.3 is 20.4 Å². The summed E-state index contributed by atoms with van der Waals surface area (Å²) < 4.78 is 13.8. The maximum Gasteiger partial charge on any atom is 0.191 e. The van der Waals surface area contributed by atoms with E-state index in [4.69, 9.17) is 0 Å². The quantitative estimate of drug-likeness (QED) is 0.591. The number of halogens is 1. The number of likely N-dealkylation sites (N-methyl/N-ethyl adjacent to an activating group) is 1. The number of aliphatic imine (C=N–C) groups is 1. The fraction of sp³-hybridized carbons (Fsp3) is 0.429. The lowest BCUT2D eigenvalue weighted by atomic mass is 10.2. The largest absolute Gasteiger partial charge is 0.357 e. The molecular weight excluding hydrogens is 355 g/mol. The van der Waals surface area contributed by atoms with Gasteiger partial charge in [0.15, 0.2) is 5.96 Å². The molecule has 0 atom stereocenters. The number of rotatable bonds is 6. The number of benzene rings is 1. The highest BCUT2D eigenvalue weighted by molar-refractivity contribution is 5.79. The number of nitrogens with zero attached hydrogens (tertiary/aromatic N) is 4. The minimum absolute atomic E-state index is 0.211. The summed E-state index contributed by atoms with van der Waals surface area (Å²) in [6.07, 6.45) is 1.85. The summed E-state index contributed by atoms with van der Waals surface area (Å²) in [5.41, 5.74) is 1.72. The van der Waals surface area contributed by atoms with E-state index in [0.717, 1.165) is 44.1 Å². The molecule has 3 rings (SSSR count). The highest BCUT2D eigenvalue weighted by Gasteiger charge is 2.15. The molecule has 6 nitrogen and oxygen atoms in total. The molecule has 2 N–H and O–H groups in total. The Morgan fingerprint density at radius 1 is 1.14 bits per heavy atom. The van der Waals surface area contributed by atoms with Crippen LogP contribution in [-0.4, -0.2) is 55.6 Å². The van der Waals surface area contributed by atoms with E-state index < -0.39 is 0 Å². The highest BCUT2D eigenvalue weighted by Crippen LogP contribution is 2.15. The number of aromatic nitrogens is 1. The van der Waals surface area contributed by atoms with Crippen molar-refractivity contribution in [3.05, 3.63) is 59.5 Å². The summed E-state index contributed by atoms with van der Waals surface area (Å²) in [7, 11) is 2.15. The zero-order chi connectivity index (χ0) is 19.8. The van der Waals surface area contributed by atoms with Gasteiger partial charge in [-0.05, 0) is 37.7 Å². The summed E-state index contributed by atoms with van der Waals surface area (Å²) in [6, 6.07) is 10.9. The zero-order valence-electron chi connectivity index (χ0n) is 16.7. The van der Waals surface area contributed by atoms with Crippen LogP contribution in [0.5, 0.6) is 0 Å². The van der Waals surface area contributed by atoms with Gasteiger partial charge in [-0.1, -0.05) is 18.2 Å². The maximum absolute atomic E-state index is 13.8. The van der Waals surface area contributed by atoms with Crippen molar-refractivity contribution in [3.8, 4) is 0 Å². The monoisotopic (exact) mass is 384 g/mol. The molecule has 1 aromatic carbocycles. The van der Waals surface area contributed by atoms with E-state index in [1.165, 1.54) is 6.07 Å². The Balaban J connectivity index is 1.62. The number of nitrogens with one attached hydrogen (secondary N) is 2. The number of anilines is 1. The maximum atomic E-state index is 13.8. The third-order valence-electron chi connectivity index (χ3n) is 4.81. The van der Waals surface area contributed by atoms with E-state index in [9.17, 15) is 4.39 Å². The van der Waals surface area contributed by atoms with Gasteiger partial charge in [0.05, 0.1) is 6.54 Å². The molecule has 0 spiro atoms. The van der Waals surface area contributed by atoms with Gasteiger partial charge in [-0.2, -0.15) is 0 Å². The Morgan fingerprint density at radius 2 is 1.93 bits per heavy atom. The van der Waals surface area contributed by atoms with Crippen LogP contribution in [0.1, 0.15) is 18.1 Å². The Kier molecular flexibility index (Phi) is 7.19. The fourth-order valence-electron chi connectivity index (χ4n) is 3.10. The molecule has 2 heterocycles. The predicted octanol–water partition coefficient (Wildman–Crippen LogP) is 2.23. The molecule has 1 aromatic heterocycles. The lowest BCUT2D eigenvalue weighted by Gasteiger charge is -2.33. The topological polar surface area (TPSA) is 55.8 Å². The van der Waals surface area contributed by atoms with Gasteiger partial charge in [-0.25, -0.2) is 14.4 Å². The van der Waals surface area contributed by atoms with Crippen molar-refractivity contribution >= 4 is 11.8 Å². The van der Waals surface area contributed by atoms with Crippen LogP contribution in [0.4, 0.5) is 10.2 Å². The van der Waals surface area contributed by atoms with E-state index in [2.05, 4.69) is 43.5 Å². The van der Waals surface area contributed by atoms with Gasteiger partial charge in [-0.3, -0.25) is 0 Å². The second-order valence-electron chi connectivity index (χ2n) is 6.95. The van der Waals surface area contributed by atoms with Crippen LogP contribution in [0, 0.1) is 5.82 Å². The molecule has 150 valence electrons. The second kappa shape index (κ2) is 10.0. The molecule has 1 saturated heterocycles. The molecule has 1 fully saturated rings. The lowest BCUT2D eigenvalue weighted by Crippen LogP contribution is -2.44. The van der Waals surface area contributed by atoms with Crippen LogP contribution in [-0.2, 0) is 13.1 Å². The molecule has 0 bridgehead atoms. The Hall–Kier alpha value is -2.67. The summed E-state index contributed by atoms with van der Waals surface area (Å²) in [4.78, 5) is 13.8. The first-order chi connectivity index (χ1) is 13.7. The van der Waals surface area contributed by atoms with Crippen LogP contribution in [0.3, 0.4) is 0 Å². The number of piperazine rings is 1.